The molecule has 1 heterocycles. The Hall–Kier alpha value is -5.19. The summed E-state index contributed by atoms with van der Waals surface area (Å²) in [7, 11) is 4.37. The van der Waals surface area contributed by atoms with E-state index in [9.17, 15) is 19.5 Å². The van der Waals surface area contributed by atoms with Crippen molar-refractivity contribution in [3.8, 4) is 34.5 Å². The van der Waals surface area contributed by atoms with Gasteiger partial charge >= 0.3 is 11.9 Å². The van der Waals surface area contributed by atoms with Gasteiger partial charge in [-0.2, -0.15) is 0 Å². The molecule has 0 amide bonds. The van der Waals surface area contributed by atoms with Crippen molar-refractivity contribution >= 4 is 23.3 Å². The Morgan fingerprint density at radius 2 is 1.50 bits per heavy atom. The van der Waals surface area contributed by atoms with Crippen LogP contribution in [0, 0.1) is 0 Å². The second kappa shape index (κ2) is 13.4. The van der Waals surface area contributed by atoms with E-state index >= 15 is 0 Å². The molecular formula is C31H30O11. The molecule has 0 spiro atoms. The lowest BCUT2D eigenvalue weighted by Gasteiger charge is -2.18. The van der Waals surface area contributed by atoms with Crippen LogP contribution in [0.25, 0.3) is 5.57 Å². The molecule has 0 unspecified atom stereocenters. The molecule has 1 aliphatic rings. The minimum Gasteiger partial charge on any atom is -0.497 e. The molecule has 0 bridgehead atoms. The molecule has 42 heavy (non-hydrogen) atoms. The minimum absolute atomic E-state index is 0.00340. The number of carbonyl (C=O) groups is 3. The van der Waals surface area contributed by atoms with E-state index in [4.69, 9.17) is 33.5 Å². The van der Waals surface area contributed by atoms with Gasteiger partial charge in [0.2, 0.25) is 12.5 Å². The molecule has 11 heteroatoms. The molecule has 220 valence electrons. The number of allylic oxidation sites excluding steroid dienone is 1. The average molecular weight is 579 g/mol. The van der Waals surface area contributed by atoms with Gasteiger partial charge in [-0.25, -0.2) is 4.79 Å². The Bertz CT molecular complexity index is 1510. The fourth-order valence-corrected chi connectivity index (χ4v) is 4.48. The fraction of sp³-hybridized carbons (Fsp3) is 0.258. The highest BCUT2D eigenvalue weighted by Crippen LogP contribution is 2.41. The Balaban J connectivity index is 1.83. The summed E-state index contributed by atoms with van der Waals surface area (Å²) >= 11 is 0. The summed E-state index contributed by atoms with van der Waals surface area (Å²) < 4.78 is 32.8. The highest BCUT2D eigenvalue weighted by atomic mass is 16.7. The quantitative estimate of drug-likeness (QED) is 0.157. The molecule has 0 aromatic heterocycles. The molecule has 3 aromatic rings. The van der Waals surface area contributed by atoms with Gasteiger partial charge in [0.05, 0.1) is 33.5 Å². The molecule has 0 aliphatic carbocycles. The smallest absolute Gasteiger partial charge is 0.336 e. The highest BCUT2D eigenvalue weighted by molar-refractivity contribution is 6.26. The Labute approximate surface area is 241 Å². The van der Waals surface area contributed by atoms with Gasteiger partial charge < -0.3 is 38.6 Å². The first-order chi connectivity index (χ1) is 20.2. The van der Waals surface area contributed by atoms with E-state index in [2.05, 4.69) is 0 Å². The van der Waals surface area contributed by atoms with Gasteiger partial charge in [0.15, 0.2) is 28.8 Å². The molecule has 0 saturated heterocycles. The maximum absolute atomic E-state index is 14.0. The Kier molecular flexibility index (Phi) is 9.53. The third kappa shape index (κ3) is 6.74. The number of fused-ring (bicyclic) bond motifs is 1. The predicted molar refractivity (Wildman–Crippen MR) is 150 cm³/mol. The molecule has 0 saturated carbocycles. The lowest BCUT2D eigenvalue weighted by atomic mass is 9.89. The van der Waals surface area contributed by atoms with E-state index < -0.39 is 17.7 Å². The van der Waals surface area contributed by atoms with Gasteiger partial charge in [0, 0.05) is 24.0 Å². The van der Waals surface area contributed by atoms with Crippen molar-refractivity contribution in [1.82, 2.24) is 0 Å². The van der Waals surface area contributed by atoms with Crippen LogP contribution in [0.3, 0.4) is 0 Å². The van der Waals surface area contributed by atoms with E-state index in [1.54, 1.807) is 48.5 Å². The van der Waals surface area contributed by atoms with Crippen LogP contribution in [0.2, 0.25) is 0 Å². The number of hydrogen-bond acceptors (Lipinski definition) is 9. The van der Waals surface area contributed by atoms with Crippen molar-refractivity contribution in [3.63, 3.8) is 0 Å². The average Bonchev–Trinajstić information content (AvgIpc) is 3.46. The van der Waals surface area contributed by atoms with Gasteiger partial charge in [-0.05, 0) is 66.1 Å². The number of methoxy groups -OCH3 is 3. The summed E-state index contributed by atoms with van der Waals surface area (Å²) in [5.74, 6) is -0.570. The molecule has 0 radical (unpaired) electrons. The number of aliphatic carboxylic acids is 2. The zero-order chi connectivity index (χ0) is 30.2. The Morgan fingerprint density at radius 1 is 0.810 bits per heavy atom. The summed E-state index contributed by atoms with van der Waals surface area (Å²) in [6.45, 7) is 0.0870. The zero-order valence-electron chi connectivity index (χ0n) is 23.3. The number of rotatable bonds is 14. The normalized spacial score (nSPS) is 12.3. The van der Waals surface area contributed by atoms with Crippen LogP contribution < -0.4 is 28.4 Å². The summed E-state index contributed by atoms with van der Waals surface area (Å²) in [5.41, 5.74) is 0.797. The minimum atomic E-state index is -1.31. The standard InChI is InChI=1S/C31H30O11/c1-37-21-9-6-19(7-10-21)29(34)22(28(31(35)36)20-8-11-23-24(16-20)42-17-41-23)13-18-14-25(38-2)30(39-3)26(15-18)40-12-4-5-27(32)33/h6-11,14-16H,4-5,12-13,17H2,1-3H3,(H,32,33)(H,35,36)/b28-22-. The van der Waals surface area contributed by atoms with Gasteiger partial charge in [0.25, 0.3) is 0 Å². The van der Waals surface area contributed by atoms with Crippen LogP contribution in [0.4, 0.5) is 0 Å². The van der Waals surface area contributed by atoms with Crippen molar-refractivity contribution in [2.45, 2.75) is 19.3 Å². The lowest BCUT2D eigenvalue weighted by Crippen LogP contribution is -2.14. The topological polar surface area (TPSA) is 147 Å². The van der Waals surface area contributed by atoms with Crippen LogP contribution in [-0.4, -0.2) is 62.7 Å². The molecule has 11 nitrogen and oxygen atoms in total. The number of carboxylic acids is 2. The van der Waals surface area contributed by atoms with Crippen LogP contribution in [0.1, 0.15) is 34.3 Å². The summed E-state index contributed by atoms with van der Waals surface area (Å²) in [6.07, 6.45) is 0.0477. The van der Waals surface area contributed by atoms with Crippen molar-refractivity contribution in [2.24, 2.45) is 0 Å². The van der Waals surface area contributed by atoms with Gasteiger partial charge in [0.1, 0.15) is 5.75 Å². The number of carbonyl (C=O) groups excluding carboxylic acids is 1. The van der Waals surface area contributed by atoms with Crippen LogP contribution in [-0.2, 0) is 16.0 Å². The van der Waals surface area contributed by atoms with Crippen LogP contribution >= 0.6 is 0 Å². The second-order valence-corrected chi connectivity index (χ2v) is 9.14. The fourth-order valence-electron chi connectivity index (χ4n) is 4.48. The van der Waals surface area contributed by atoms with Crippen molar-refractivity contribution in [1.29, 1.82) is 0 Å². The number of hydrogen-bond donors (Lipinski definition) is 2. The van der Waals surface area contributed by atoms with Crippen molar-refractivity contribution in [3.05, 3.63) is 76.9 Å². The largest absolute Gasteiger partial charge is 0.497 e. The van der Waals surface area contributed by atoms with E-state index in [0.29, 0.717) is 28.6 Å². The number of ketones is 1. The molecular weight excluding hydrogens is 548 g/mol. The molecule has 2 N–H and O–H groups in total. The first-order valence-electron chi connectivity index (χ1n) is 12.9. The first kappa shape index (κ1) is 29.8. The number of benzene rings is 3. The van der Waals surface area contributed by atoms with Crippen LogP contribution in [0.5, 0.6) is 34.5 Å². The van der Waals surface area contributed by atoms with Gasteiger partial charge in [-0.3, -0.25) is 9.59 Å². The molecule has 0 atom stereocenters. The van der Waals surface area contributed by atoms with Gasteiger partial charge in [-0.1, -0.05) is 6.07 Å². The first-order valence-corrected chi connectivity index (χ1v) is 12.9. The summed E-state index contributed by atoms with van der Waals surface area (Å²) in [6, 6.07) is 14.3. The van der Waals surface area contributed by atoms with E-state index in [1.165, 1.54) is 27.4 Å². The maximum Gasteiger partial charge on any atom is 0.336 e. The number of ether oxygens (including phenoxy) is 6. The van der Waals surface area contributed by atoms with Crippen molar-refractivity contribution < 1.29 is 53.0 Å². The molecule has 3 aromatic carbocycles. The summed E-state index contributed by atoms with van der Waals surface area (Å²) in [5, 5.41) is 19.4. The number of carboxylic acid groups (broad SMARTS) is 2. The maximum atomic E-state index is 14.0. The van der Waals surface area contributed by atoms with E-state index in [-0.39, 0.29) is 66.4 Å². The number of Topliss-reactive ketones (excluding diaryl/α,β-unsaturated/α-hetero) is 1. The zero-order valence-corrected chi connectivity index (χ0v) is 23.3. The second-order valence-electron chi connectivity index (χ2n) is 9.14. The molecule has 0 fully saturated rings. The van der Waals surface area contributed by atoms with E-state index in [0.717, 1.165) is 0 Å². The molecule has 1 aliphatic heterocycles. The SMILES string of the molecule is COc1ccc(C(=O)/C(Cc2cc(OC)c(OC)c(OCCCC(=O)O)c2)=C(\C(=O)O)c2ccc3c(c2)OCO3)cc1. The molecule has 4 rings (SSSR count). The van der Waals surface area contributed by atoms with Crippen molar-refractivity contribution in [2.75, 3.05) is 34.7 Å². The third-order valence-corrected chi connectivity index (χ3v) is 6.48. The highest BCUT2D eigenvalue weighted by Gasteiger charge is 2.27. The Morgan fingerprint density at radius 3 is 2.14 bits per heavy atom. The van der Waals surface area contributed by atoms with E-state index in [1.807, 2.05) is 0 Å². The van der Waals surface area contributed by atoms with Crippen LogP contribution in [0.15, 0.2) is 60.2 Å². The summed E-state index contributed by atoms with van der Waals surface area (Å²) in [4.78, 5) is 37.7. The third-order valence-electron chi connectivity index (χ3n) is 6.48. The predicted octanol–water partition coefficient (Wildman–Crippen LogP) is 4.65. The lowest BCUT2D eigenvalue weighted by molar-refractivity contribution is -0.137. The van der Waals surface area contributed by atoms with Gasteiger partial charge in [-0.15, -0.1) is 0 Å². The monoisotopic (exact) mass is 578 g/mol.